The van der Waals surface area contributed by atoms with E-state index in [9.17, 15) is 0 Å². The Bertz CT molecular complexity index is 5330. The van der Waals surface area contributed by atoms with Crippen LogP contribution in [0.4, 0.5) is 0 Å². The van der Waals surface area contributed by atoms with E-state index in [1.807, 2.05) is 246 Å². The Morgan fingerprint density at radius 3 is 0.667 bits per heavy atom. The second-order valence-electron chi connectivity index (χ2n) is 34.7. The van der Waals surface area contributed by atoms with Crippen LogP contribution in [0, 0.1) is 11.8 Å². The third-order valence-corrected chi connectivity index (χ3v) is 26.4. The van der Waals surface area contributed by atoms with Gasteiger partial charge in [-0.2, -0.15) is 0 Å². The third kappa shape index (κ3) is 14.4. The number of hydrogen-bond acceptors (Lipinski definition) is 10. The zero-order chi connectivity index (χ0) is 81.8. The monoisotopic (exact) mass is 1590 g/mol. The van der Waals surface area contributed by atoms with Gasteiger partial charge >= 0.3 is 0 Å². The quantitative estimate of drug-likeness (QED) is 0.0364. The molecule has 13 aromatic carbocycles. The summed E-state index contributed by atoms with van der Waals surface area (Å²) < 4.78 is 30.3. The van der Waals surface area contributed by atoms with E-state index in [0.29, 0.717) is 55.3 Å². The summed E-state index contributed by atoms with van der Waals surface area (Å²) in [7, 11) is 0. The fraction of sp³-hybridized carbons (Fsp3) is 0.302. The Hall–Kier alpha value is -12.4. The summed E-state index contributed by atoms with van der Waals surface area (Å²) in [5.41, 5.74) is 8.08. The molecule has 4 saturated carbocycles. The largest absolute Gasteiger partial charge is 0.457 e. The molecule has 0 spiro atoms. The van der Waals surface area contributed by atoms with Gasteiger partial charge in [-0.05, 0) is 181 Å². The molecule has 0 aromatic heterocycles. The maximum Gasteiger partial charge on any atom is 0.262 e. The van der Waals surface area contributed by atoms with Crippen molar-refractivity contribution in [3.8, 4) is 90.5 Å². The van der Waals surface area contributed by atoms with Crippen LogP contribution in [-0.4, -0.2) is 91.3 Å². The van der Waals surface area contributed by atoms with Crippen molar-refractivity contribution in [3.05, 3.63) is 265 Å². The molecule has 4 aliphatic carbocycles. The highest BCUT2D eigenvalue weighted by atomic mass is 16.5. The Morgan fingerprint density at radius 1 is 0.267 bits per heavy atom. The topological polar surface area (TPSA) is 152 Å². The molecule has 6 aliphatic rings. The van der Waals surface area contributed by atoms with E-state index in [2.05, 4.69) is 9.80 Å². The first-order valence-corrected chi connectivity index (χ1v) is 43.8. The van der Waals surface area contributed by atoms with Gasteiger partial charge in [0.2, 0.25) is 11.8 Å². The van der Waals surface area contributed by atoms with Gasteiger partial charge in [0.05, 0.1) is 22.3 Å². The summed E-state index contributed by atoms with van der Waals surface area (Å²) in [5.74, 6) is -2.02. The van der Waals surface area contributed by atoms with Crippen molar-refractivity contribution in [1.29, 1.82) is 0 Å². The van der Waals surface area contributed by atoms with E-state index in [1.165, 1.54) is 9.80 Å². The number of fused-ring (bicyclic) bond motifs is 2. The Morgan fingerprint density at radius 2 is 0.467 bits per heavy atom. The second kappa shape index (κ2) is 33.1. The molecular formula is C106H100N4O10. The lowest BCUT2D eigenvalue weighted by atomic mass is 9.79. The lowest BCUT2D eigenvalue weighted by Crippen LogP contribution is -2.60. The zero-order valence-corrected chi connectivity index (χ0v) is 68.7. The molecular weight excluding hydrogens is 1490 g/mol. The van der Waals surface area contributed by atoms with Gasteiger partial charge in [0.1, 0.15) is 58.1 Å². The standard InChI is InChI=1S/C106H100N4O10/c1-65(2)99(105(115)107(75-37-21-9-22-38-75)76-39-23-10-24-40-76)109-101(111)83-61-87(117-79-53-45-71(46-54-79)67-29-13-5-14-30-67)93-95-89(119-81-57-49-73(50-58-81)69-33-17-7-18-34-69)63-85-92-86(104(114)110(103(85)113)100(66(3)4)106(116)108(77-41-25-11-26-42-77)78-43-27-12-28-44-78)64-90(120-82-59-51-74(52-60-82)70-35-19-8-20-36-70)96(98(92)95)94-88(62-84(102(109)112)91(83)97(93)94)118-80-55-47-72(48-56-80)68-31-15-6-16-32-68/h5-8,13-20,29-36,45-66,75-78,99-100H,9-12,21-28,37-44H2,1-4H3. The van der Waals surface area contributed by atoms with Crippen LogP contribution < -0.4 is 18.9 Å². The normalized spacial score (nSPS) is 16.9. The number of benzene rings is 13. The summed E-state index contributed by atoms with van der Waals surface area (Å²) in [6.45, 7) is 7.73. The molecule has 0 bridgehead atoms. The van der Waals surface area contributed by atoms with Gasteiger partial charge < -0.3 is 28.7 Å². The van der Waals surface area contributed by atoms with Crippen LogP contribution >= 0.6 is 0 Å². The Balaban J connectivity index is 0.921. The average Bonchev–Trinajstić information content (AvgIpc) is 0.668. The first kappa shape index (κ1) is 77.5. The fourth-order valence-corrected chi connectivity index (χ4v) is 20.7. The molecule has 14 heteroatoms. The number of hydrogen-bond donors (Lipinski definition) is 0. The zero-order valence-electron chi connectivity index (χ0n) is 68.7. The van der Waals surface area contributed by atoms with E-state index in [1.54, 1.807) is 24.3 Å². The molecule has 0 radical (unpaired) electrons. The van der Waals surface area contributed by atoms with E-state index >= 15 is 28.8 Å². The molecule has 6 amide bonds. The van der Waals surface area contributed by atoms with Crippen LogP contribution in [0.15, 0.2) is 243 Å². The number of imide groups is 2. The lowest BCUT2D eigenvalue weighted by Gasteiger charge is -2.46. The van der Waals surface area contributed by atoms with Crippen molar-refractivity contribution in [2.45, 2.75) is 192 Å². The molecule has 2 heterocycles. The molecule has 19 rings (SSSR count). The minimum absolute atomic E-state index is 0.0537. The highest BCUT2D eigenvalue weighted by molar-refractivity contribution is 6.45. The first-order valence-electron chi connectivity index (χ1n) is 43.8. The molecule has 2 aliphatic heterocycles. The minimum Gasteiger partial charge on any atom is -0.457 e. The van der Waals surface area contributed by atoms with Gasteiger partial charge in [0.25, 0.3) is 23.6 Å². The van der Waals surface area contributed by atoms with Crippen LogP contribution in [0.25, 0.3) is 87.6 Å². The van der Waals surface area contributed by atoms with Crippen molar-refractivity contribution in [2.24, 2.45) is 11.8 Å². The predicted octanol–water partition coefficient (Wildman–Crippen LogP) is 25.8. The van der Waals surface area contributed by atoms with Gasteiger partial charge in [0, 0.05) is 67.3 Å². The Kier molecular flexibility index (Phi) is 21.3. The van der Waals surface area contributed by atoms with Crippen molar-refractivity contribution in [3.63, 3.8) is 0 Å². The lowest BCUT2D eigenvalue weighted by molar-refractivity contribution is -0.144. The van der Waals surface area contributed by atoms with Gasteiger partial charge in [-0.25, -0.2) is 0 Å². The van der Waals surface area contributed by atoms with Crippen molar-refractivity contribution in [2.75, 3.05) is 0 Å². The van der Waals surface area contributed by atoms with Gasteiger partial charge in [-0.15, -0.1) is 0 Å². The SMILES string of the molecule is CC(C)C(C(=O)N(C1CCCCC1)C1CCCCC1)N1C(=O)c2cc(Oc3ccc(-c4ccccc4)cc3)c3c4c(Oc5ccc(-c6ccccc6)cc5)cc5c6c(cc(Oc7ccc(-c8ccccc8)cc7)c(c7c(Oc8ccc(-c9ccccc9)cc8)cc(c2c37)C1=O)c64)C(=O)N(C(C(=O)N(C1CCCCC1)C1CCCCC1)C(C)C)C5=O. The van der Waals surface area contributed by atoms with E-state index in [-0.39, 0.29) is 92.0 Å². The number of nitrogens with zero attached hydrogens (tertiary/aromatic N) is 4. The summed E-state index contributed by atoms with van der Waals surface area (Å²) in [6, 6.07) is 75.5. The van der Waals surface area contributed by atoms with Crippen molar-refractivity contribution >= 4 is 78.5 Å². The highest BCUT2D eigenvalue weighted by Gasteiger charge is 2.51. The molecule has 13 aromatic rings. The van der Waals surface area contributed by atoms with Gasteiger partial charge in [-0.3, -0.25) is 38.6 Å². The molecule has 0 saturated heterocycles. The molecule has 2 unspecified atom stereocenters. The van der Waals surface area contributed by atoms with Crippen LogP contribution in [0.5, 0.6) is 46.0 Å². The third-order valence-electron chi connectivity index (χ3n) is 26.4. The number of carbonyl (C=O) groups excluding carboxylic acids is 6. The first-order chi connectivity index (χ1) is 58.7. The van der Waals surface area contributed by atoms with E-state index in [0.717, 1.165) is 173 Å². The minimum atomic E-state index is -1.23. The highest BCUT2D eigenvalue weighted by Crippen LogP contribution is 2.59. The summed E-state index contributed by atoms with van der Waals surface area (Å²) in [6.07, 6.45) is 18.9. The van der Waals surface area contributed by atoms with Gasteiger partial charge in [-0.1, -0.05) is 275 Å². The summed E-state index contributed by atoms with van der Waals surface area (Å²) >= 11 is 0. The molecule has 14 nitrogen and oxygen atoms in total. The smallest absolute Gasteiger partial charge is 0.262 e. The average molecular weight is 1590 g/mol. The van der Waals surface area contributed by atoms with Crippen molar-refractivity contribution in [1.82, 2.24) is 19.6 Å². The van der Waals surface area contributed by atoms with E-state index in [4.69, 9.17) is 18.9 Å². The van der Waals surface area contributed by atoms with E-state index < -0.39 is 47.5 Å². The number of amides is 6. The molecule has 604 valence electrons. The number of ether oxygens (including phenoxy) is 4. The number of carbonyl (C=O) groups is 6. The molecule has 2 atom stereocenters. The second-order valence-corrected chi connectivity index (χ2v) is 34.7. The molecule has 4 fully saturated rings. The van der Waals surface area contributed by atoms with Crippen LogP contribution in [0.1, 0.15) is 198 Å². The van der Waals surface area contributed by atoms with Crippen LogP contribution in [-0.2, 0) is 9.59 Å². The molecule has 120 heavy (non-hydrogen) atoms. The number of rotatable bonds is 22. The Labute approximate surface area is 701 Å². The maximum absolute atomic E-state index is 17.1. The van der Waals surface area contributed by atoms with Crippen LogP contribution in [0.3, 0.4) is 0 Å². The predicted molar refractivity (Wildman–Crippen MR) is 475 cm³/mol. The fourth-order valence-electron chi connectivity index (χ4n) is 20.7. The van der Waals surface area contributed by atoms with Crippen molar-refractivity contribution < 1.29 is 47.7 Å². The maximum atomic E-state index is 17.1. The van der Waals surface area contributed by atoms with Gasteiger partial charge in [0.15, 0.2) is 0 Å². The summed E-state index contributed by atoms with van der Waals surface area (Å²) in [4.78, 5) is 108. The van der Waals surface area contributed by atoms with Crippen LogP contribution in [0.2, 0.25) is 0 Å². The summed E-state index contributed by atoms with van der Waals surface area (Å²) in [5, 5.41) is 2.66. The molecule has 0 N–H and O–H groups in total.